The molecule has 0 radical (unpaired) electrons. The Balaban J connectivity index is 1.73. The Morgan fingerprint density at radius 1 is 0.857 bits per heavy atom. The number of hydrogen-bond donors (Lipinski definition) is 1. The molecule has 0 fully saturated rings. The number of nitrogen functional groups attached to an aromatic ring is 1. The topological polar surface area (TPSA) is 69.6 Å². The van der Waals surface area contributed by atoms with Gasteiger partial charge in [-0.15, -0.1) is 5.10 Å². The van der Waals surface area contributed by atoms with Crippen molar-refractivity contribution in [1.82, 2.24) is 20.0 Å². The van der Waals surface area contributed by atoms with Gasteiger partial charge >= 0.3 is 0 Å². The molecular formula is C23H19N5. The van der Waals surface area contributed by atoms with Crippen molar-refractivity contribution < 1.29 is 0 Å². The summed E-state index contributed by atoms with van der Waals surface area (Å²) in [4.78, 5) is 4.57. The first-order chi connectivity index (χ1) is 13.7. The third-order valence-electron chi connectivity index (χ3n) is 5.19. The van der Waals surface area contributed by atoms with E-state index in [0.717, 1.165) is 38.8 Å². The van der Waals surface area contributed by atoms with Gasteiger partial charge < -0.3 is 5.73 Å². The number of nitrogens with zero attached hydrogens (tertiary/aromatic N) is 4. The summed E-state index contributed by atoms with van der Waals surface area (Å²) in [6.45, 7) is 2.14. The molecule has 5 nitrogen and oxygen atoms in total. The van der Waals surface area contributed by atoms with Crippen LogP contribution in [0.25, 0.3) is 33.1 Å². The number of benzene rings is 3. The van der Waals surface area contributed by atoms with Crippen molar-refractivity contribution in [2.24, 2.45) is 0 Å². The van der Waals surface area contributed by atoms with Gasteiger partial charge in [0.15, 0.2) is 0 Å². The summed E-state index contributed by atoms with van der Waals surface area (Å²) < 4.78 is 1.99. The molecule has 5 rings (SSSR count). The van der Waals surface area contributed by atoms with Crippen LogP contribution in [0.5, 0.6) is 0 Å². The van der Waals surface area contributed by atoms with Crippen molar-refractivity contribution in [3.05, 3.63) is 84.6 Å². The molecule has 28 heavy (non-hydrogen) atoms. The van der Waals surface area contributed by atoms with Crippen molar-refractivity contribution in [3.63, 3.8) is 0 Å². The molecule has 0 saturated heterocycles. The van der Waals surface area contributed by atoms with Gasteiger partial charge in [-0.1, -0.05) is 53.7 Å². The van der Waals surface area contributed by atoms with Crippen LogP contribution in [0.1, 0.15) is 18.5 Å². The maximum Gasteiger partial charge on any atom is 0.132 e. The van der Waals surface area contributed by atoms with E-state index in [0.29, 0.717) is 0 Å². The highest BCUT2D eigenvalue weighted by Crippen LogP contribution is 2.30. The number of pyridine rings is 1. The fraction of sp³-hybridized carbons (Fsp3) is 0.0870. The molecule has 0 aliphatic carbocycles. The van der Waals surface area contributed by atoms with Crippen LogP contribution in [0.15, 0.2) is 79.0 Å². The zero-order chi connectivity index (χ0) is 19.1. The summed E-state index contributed by atoms with van der Waals surface area (Å²) in [7, 11) is 0. The molecule has 2 N–H and O–H groups in total. The Hall–Kier alpha value is -3.73. The van der Waals surface area contributed by atoms with Gasteiger partial charge in [0.25, 0.3) is 0 Å². The maximum absolute atomic E-state index is 5.83. The molecule has 0 amide bonds. The zero-order valence-electron chi connectivity index (χ0n) is 15.4. The van der Waals surface area contributed by atoms with Gasteiger partial charge in [0.2, 0.25) is 0 Å². The van der Waals surface area contributed by atoms with E-state index in [9.17, 15) is 0 Å². The minimum atomic E-state index is 0.0666. The Labute approximate surface area is 162 Å². The molecule has 0 saturated carbocycles. The summed E-state index contributed by atoms with van der Waals surface area (Å²) >= 11 is 0. The van der Waals surface area contributed by atoms with Gasteiger partial charge in [-0.25, -0.2) is 4.68 Å². The lowest BCUT2D eigenvalue weighted by molar-refractivity contribution is 0.561. The molecule has 2 heterocycles. The van der Waals surface area contributed by atoms with E-state index in [1.54, 1.807) is 6.20 Å². The molecule has 1 atom stereocenters. The average Bonchev–Trinajstić information content (AvgIpc) is 3.19. The van der Waals surface area contributed by atoms with E-state index >= 15 is 0 Å². The van der Waals surface area contributed by atoms with Crippen LogP contribution in [0.4, 0.5) is 5.69 Å². The predicted molar refractivity (Wildman–Crippen MR) is 113 cm³/mol. The molecule has 136 valence electrons. The van der Waals surface area contributed by atoms with Gasteiger partial charge in [0, 0.05) is 11.1 Å². The number of fused-ring (bicyclic) bond motifs is 3. The second-order valence-electron chi connectivity index (χ2n) is 6.97. The largest absolute Gasteiger partial charge is 0.399 e. The predicted octanol–water partition coefficient (Wildman–Crippen LogP) is 4.84. The molecule has 2 aromatic heterocycles. The van der Waals surface area contributed by atoms with Crippen LogP contribution >= 0.6 is 0 Å². The summed E-state index contributed by atoms with van der Waals surface area (Å²) in [5, 5.41) is 9.85. The van der Waals surface area contributed by atoms with Crippen molar-refractivity contribution in [3.8, 4) is 11.1 Å². The molecule has 0 unspecified atom stereocenters. The summed E-state index contributed by atoms with van der Waals surface area (Å²) in [5.74, 6) is 0. The van der Waals surface area contributed by atoms with E-state index in [1.807, 2.05) is 53.2 Å². The lowest BCUT2D eigenvalue weighted by atomic mass is 10.0. The van der Waals surface area contributed by atoms with E-state index in [4.69, 9.17) is 5.73 Å². The van der Waals surface area contributed by atoms with Gasteiger partial charge in [-0.2, -0.15) is 0 Å². The zero-order valence-corrected chi connectivity index (χ0v) is 15.4. The molecule has 5 aromatic rings. The maximum atomic E-state index is 5.83. The first-order valence-corrected chi connectivity index (χ1v) is 9.25. The fourth-order valence-electron chi connectivity index (χ4n) is 3.62. The minimum Gasteiger partial charge on any atom is -0.399 e. The Morgan fingerprint density at radius 3 is 2.39 bits per heavy atom. The number of rotatable bonds is 3. The minimum absolute atomic E-state index is 0.0666. The monoisotopic (exact) mass is 365 g/mol. The highest BCUT2D eigenvalue weighted by Gasteiger charge is 2.16. The summed E-state index contributed by atoms with van der Waals surface area (Å²) in [6.07, 6.45) is 1.79. The second kappa shape index (κ2) is 6.46. The third kappa shape index (κ3) is 2.68. The highest BCUT2D eigenvalue weighted by atomic mass is 15.4. The third-order valence-corrected chi connectivity index (χ3v) is 5.19. The van der Waals surface area contributed by atoms with Crippen molar-refractivity contribution in [2.45, 2.75) is 13.0 Å². The Morgan fingerprint density at radius 2 is 1.61 bits per heavy atom. The SMILES string of the molecule is C[C@H](c1ccccc1)n1nnc2cnc3ccc(-c4ccc(N)cc4)cc3c21. The van der Waals surface area contributed by atoms with E-state index in [2.05, 4.69) is 46.5 Å². The summed E-state index contributed by atoms with van der Waals surface area (Å²) in [6, 6.07) is 24.6. The molecule has 0 aliphatic heterocycles. The standard InChI is InChI=1S/C23H19N5/c1-15(16-5-3-2-4-6-16)28-23-20-13-18(17-7-10-19(24)11-8-17)9-12-21(20)25-14-22(23)26-27-28/h2-15H,24H2,1H3/t15-/m1/s1. The second-order valence-corrected chi connectivity index (χ2v) is 6.97. The molecule has 0 aliphatic rings. The Kier molecular flexibility index (Phi) is 3.79. The number of anilines is 1. The number of nitrogens with two attached hydrogens (primary N) is 1. The first-order valence-electron chi connectivity index (χ1n) is 9.25. The average molecular weight is 365 g/mol. The quantitative estimate of drug-likeness (QED) is 0.465. The number of aromatic nitrogens is 4. The fourth-order valence-corrected chi connectivity index (χ4v) is 3.62. The highest BCUT2D eigenvalue weighted by molar-refractivity contribution is 6.03. The van der Waals surface area contributed by atoms with E-state index in [1.165, 1.54) is 5.56 Å². The smallest absolute Gasteiger partial charge is 0.132 e. The van der Waals surface area contributed by atoms with Crippen molar-refractivity contribution >= 4 is 27.6 Å². The van der Waals surface area contributed by atoms with Crippen LogP contribution in [-0.2, 0) is 0 Å². The van der Waals surface area contributed by atoms with Crippen LogP contribution < -0.4 is 5.73 Å². The van der Waals surface area contributed by atoms with Crippen LogP contribution in [-0.4, -0.2) is 20.0 Å². The lowest BCUT2D eigenvalue weighted by Crippen LogP contribution is -2.08. The molecule has 3 aromatic carbocycles. The van der Waals surface area contributed by atoms with Gasteiger partial charge in [0.05, 0.1) is 17.8 Å². The van der Waals surface area contributed by atoms with Crippen LogP contribution in [0.2, 0.25) is 0 Å². The molecular weight excluding hydrogens is 346 g/mol. The molecule has 0 spiro atoms. The van der Waals surface area contributed by atoms with E-state index in [-0.39, 0.29) is 6.04 Å². The lowest BCUT2D eigenvalue weighted by Gasteiger charge is -2.14. The number of hydrogen-bond acceptors (Lipinski definition) is 4. The summed E-state index contributed by atoms with van der Waals surface area (Å²) in [5.41, 5.74) is 12.7. The van der Waals surface area contributed by atoms with Crippen molar-refractivity contribution in [2.75, 3.05) is 5.73 Å². The first kappa shape index (κ1) is 16.4. The van der Waals surface area contributed by atoms with E-state index < -0.39 is 0 Å². The van der Waals surface area contributed by atoms with Crippen LogP contribution in [0.3, 0.4) is 0 Å². The van der Waals surface area contributed by atoms with Crippen LogP contribution in [0, 0.1) is 0 Å². The van der Waals surface area contributed by atoms with Gasteiger partial charge in [0.1, 0.15) is 11.0 Å². The van der Waals surface area contributed by atoms with Gasteiger partial charge in [-0.05, 0) is 47.9 Å². The normalized spacial score (nSPS) is 12.5. The molecule has 0 bridgehead atoms. The van der Waals surface area contributed by atoms with Crippen molar-refractivity contribution in [1.29, 1.82) is 0 Å². The molecule has 5 heteroatoms. The Bertz CT molecular complexity index is 1270. The van der Waals surface area contributed by atoms with Gasteiger partial charge in [-0.3, -0.25) is 4.98 Å².